The number of hydrogen-bond donors (Lipinski definition) is 3. The summed E-state index contributed by atoms with van der Waals surface area (Å²) in [6, 6.07) is 0. The van der Waals surface area contributed by atoms with E-state index in [-0.39, 0.29) is 6.54 Å². The van der Waals surface area contributed by atoms with Crippen molar-refractivity contribution in [3.05, 3.63) is 26.7 Å². The van der Waals surface area contributed by atoms with Crippen molar-refractivity contribution in [3.63, 3.8) is 0 Å². The predicted octanol–water partition coefficient (Wildman–Crippen LogP) is -1.11. The van der Waals surface area contributed by atoms with Crippen molar-refractivity contribution in [1.82, 2.24) is 9.55 Å². The van der Waals surface area contributed by atoms with Crippen molar-refractivity contribution < 1.29 is 14.3 Å². The van der Waals surface area contributed by atoms with E-state index in [1.54, 1.807) is 4.98 Å². The van der Waals surface area contributed by atoms with Crippen LogP contribution in [-0.2, 0) is 11.3 Å². The summed E-state index contributed by atoms with van der Waals surface area (Å²) in [5.41, 5.74) is 1.58. The Kier molecular flexibility index (Phi) is 3.08. The summed E-state index contributed by atoms with van der Waals surface area (Å²) in [7, 11) is 0. The second-order valence-corrected chi connectivity index (χ2v) is 4.23. The van der Waals surface area contributed by atoms with E-state index in [2.05, 4.69) is 0 Å². The monoisotopic (exact) mass is 245 g/mol. The summed E-state index contributed by atoms with van der Waals surface area (Å²) >= 11 is 0. The first kappa shape index (κ1) is 12.9. The number of nitrogens with one attached hydrogen (secondary N) is 1. The number of rotatable bonds is 3. The van der Waals surface area contributed by atoms with Gasteiger partial charge in [0.15, 0.2) is 0 Å². The summed E-state index contributed by atoms with van der Waals surface area (Å²) < 4.78 is 13.6. The molecule has 1 heterocycles. The molecular formula is C9H12FN3O4. The van der Waals surface area contributed by atoms with Gasteiger partial charge in [-0.15, -0.1) is 0 Å². The summed E-state index contributed by atoms with van der Waals surface area (Å²) in [5.74, 6) is -3.33. The second kappa shape index (κ2) is 4.04. The van der Waals surface area contributed by atoms with Crippen molar-refractivity contribution in [2.45, 2.75) is 20.4 Å². The number of aromatic hydroxyl groups is 1. The molecule has 1 aromatic heterocycles. The molecule has 0 saturated heterocycles. The van der Waals surface area contributed by atoms with E-state index >= 15 is 0 Å². The minimum Gasteiger partial charge on any atom is -0.492 e. The molecule has 0 radical (unpaired) electrons. The number of amides is 1. The summed E-state index contributed by atoms with van der Waals surface area (Å²) in [6.07, 6.45) is 0. The molecule has 17 heavy (non-hydrogen) atoms. The third kappa shape index (κ3) is 2.35. The molecule has 1 rings (SSSR count). The fourth-order valence-electron chi connectivity index (χ4n) is 1.16. The van der Waals surface area contributed by atoms with Crippen LogP contribution in [-0.4, -0.2) is 20.6 Å². The fourth-order valence-corrected chi connectivity index (χ4v) is 1.16. The maximum absolute atomic E-state index is 13.1. The Morgan fingerprint density at radius 2 is 2.06 bits per heavy atom. The number of aromatic amines is 1. The molecule has 0 aliphatic rings. The molecule has 94 valence electrons. The minimum atomic E-state index is -1.48. The number of aromatic nitrogens is 2. The van der Waals surface area contributed by atoms with Crippen LogP contribution in [0.1, 0.15) is 13.8 Å². The van der Waals surface area contributed by atoms with Crippen molar-refractivity contribution >= 4 is 5.91 Å². The van der Waals surface area contributed by atoms with Gasteiger partial charge in [0.2, 0.25) is 17.6 Å². The van der Waals surface area contributed by atoms with E-state index in [1.807, 2.05) is 0 Å². The van der Waals surface area contributed by atoms with E-state index in [9.17, 15) is 23.9 Å². The SMILES string of the molecule is CC(C)(Cn1c(O)c(F)c(=O)[nH]c1=O)C(N)=O. The van der Waals surface area contributed by atoms with Crippen LogP contribution < -0.4 is 17.0 Å². The fraction of sp³-hybridized carbons (Fsp3) is 0.444. The van der Waals surface area contributed by atoms with Gasteiger partial charge in [0.25, 0.3) is 5.56 Å². The lowest BCUT2D eigenvalue weighted by atomic mass is 9.92. The van der Waals surface area contributed by atoms with Gasteiger partial charge in [-0.3, -0.25) is 19.1 Å². The molecular weight excluding hydrogens is 233 g/mol. The lowest BCUT2D eigenvalue weighted by Gasteiger charge is -2.21. The normalized spacial score (nSPS) is 11.5. The predicted molar refractivity (Wildman–Crippen MR) is 55.9 cm³/mol. The van der Waals surface area contributed by atoms with Gasteiger partial charge < -0.3 is 10.8 Å². The average Bonchev–Trinajstić information content (AvgIpc) is 2.21. The molecule has 4 N–H and O–H groups in total. The first-order valence-corrected chi connectivity index (χ1v) is 4.68. The Morgan fingerprint density at radius 3 is 2.53 bits per heavy atom. The van der Waals surface area contributed by atoms with Gasteiger partial charge >= 0.3 is 5.69 Å². The van der Waals surface area contributed by atoms with Crippen molar-refractivity contribution in [1.29, 1.82) is 0 Å². The van der Waals surface area contributed by atoms with Crippen molar-refractivity contribution in [3.8, 4) is 5.88 Å². The zero-order chi connectivity index (χ0) is 13.4. The summed E-state index contributed by atoms with van der Waals surface area (Å²) in [6.45, 7) is 2.50. The van der Waals surface area contributed by atoms with E-state index < -0.39 is 34.3 Å². The largest absolute Gasteiger partial charge is 0.492 e. The molecule has 0 fully saturated rings. The highest BCUT2D eigenvalue weighted by molar-refractivity contribution is 5.79. The number of hydrogen-bond acceptors (Lipinski definition) is 4. The molecule has 0 aliphatic heterocycles. The lowest BCUT2D eigenvalue weighted by Crippen LogP contribution is -2.41. The lowest BCUT2D eigenvalue weighted by molar-refractivity contribution is -0.126. The first-order chi connectivity index (χ1) is 7.66. The van der Waals surface area contributed by atoms with E-state index in [4.69, 9.17) is 5.73 Å². The Labute approximate surface area is 94.7 Å². The quantitative estimate of drug-likeness (QED) is 0.625. The number of carbonyl (C=O) groups excluding carboxylic acids is 1. The molecule has 1 amide bonds. The molecule has 0 spiro atoms. The standard InChI is InChI=1S/C9H12FN3O4/c1-9(2,7(11)16)3-13-6(15)4(10)5(14)12-8(13)17/h15H,3H2,1-2H3,(H2,11,16)(H,12,14,17). The third-order valence-corrected chi connectivity index (χ3v) is 2.34. The number of primary amides is 1. The smallest absolute Gasteiger partial charge is 0.331 e. The van der Waals surface area contributed by atoms with Gasteiger partial charge in [-0.25, -0.2) is 4.79 Å². The van der Waals surface area contributed by atoms with Gasteiger partial charge in [-0.05, 0) is 13.8 Å². The first-order valence-electron chi connectivity index (χ1n) is 4.68. The van der Waals surface area contributed by atoms with Crippen molar-refractivity contribution in [2.24, 2.45) is 11.1 Å². The molecule has 0 bridgehead atoms. The van der Waals surface area contributed by atoms with E-state index in [0.29, 0.717) is 4.57 Å². The Balaban J connectivity index is 3.35. The van der Waals surface area contributed by atoms with Crippen molar-refractivity contribution in [2.75, 3.05) is 0 Å². The van der Waals surface area contributed by atoms with Crippen LogP contribution in [0.25, 0.3) is 0 Å². The second-order valence-electron chi connectivity index (χ2n) is 4.23. The number of nitrogens with zero attached hydrogens (tertiary/aromatic N) is 1. The summed E-state index contributed by atoms with van der Waals surface area (Å²) in [5, 5.41) is 9.32. The Morgan fingerprint density at radius 1 is 1.53 bits per heavy atom. The molecule has 0 aliphatic carbocycles. The van der Waals surface area contributed by atoms with Crippen LogP contribution in [0, 0.1) is 11.2 Å². The average molecular weight is 245 g/mol. The molecule has 0 unspecified atom stereocenters. The Bertz CT molecular complexity index is 573. The van der Waals surface area contributed by atoms with Crippen LogP contribution in [0.15, 0.2) is 9.59 Å². The Hall–Kier alpha value is -2.12. The number of nitrogens with two attached hydrogens (primary N) is 1. The topological polar surface area (TPSA) is 118 Å². The van der Waals surface area contributed by atoms with Gasteiger partial charge in [-0.2, -0.15) is 4.39 Å². The van der Waals surface area contributed by atoms with E-state index in [0.717, 1.165) is 0 Å². The maximum atomic E-state index is 13.1. The van der Waals surface area contributed by atoms with Gasteiger partial charge in [0, 0.05) is 6.54 Å². The highest BCUT2D eigenvalue weighted by Gasteiger charge is 2.28. The van der Waals surface area contributed by atoms with Crippen LogP contribution in [0.2, 0.25) is 0 Å². The number of H-pyrrole nitrogens is 1. The van der Waals surface area contributed by atoms with Gasteiger partial charge in [0.05, 0.1) is 5.41 Å². The van der Waals surface area contributed by atoms with Crippen LogP contribution >= 0.6 is 0 Å². The molecule has 7 nitrogen and oxygen atoms in total. The van der Waals surface area contributed by atoms with Gasteiger partial charge in [-0.1, -0.05) is 0 Å². The maximum Gasteiger partial charge on any atom is 0.331 e. The highest BCUT2D eigenvalue weighted by Crippen LogP contribution is 2.19. The molecule has 0 atom stereocenters. The summed E-state index contributed by atoms with van der Waals surface area (Å²) in [4.78, 5) is 34.9. The zero-order valence-corrected chi connectivity index (χ0v) is 9.28. The molecule has 0 saturated carbocycles. The number of carbonyl (C=O) groups is 1. The minimum absolute atomic E-state index is 0.347. The molecule has 8 heteroatoms. The van der Waals surface area contributed by atoms with Crippen LogP contribution in [0.4, 0.5) is 4.39 Å². The van der Waals surface area contributed by atoms with E-state index in [1.165, 1.54) is 13.8 Å². The van der Waals surface area contributed by atoms with Crippen LogP contribution in [0.3, 0.4) is 0 Å². The molecule has 0 aromatic carbocycles. The highest BCUT2D eigenvalue weighted by atomic mass is 19.1. The van der Waals surface area contributed by atoms with Crippen LogP contribution in [0.5, 0.6) is 5.88 Å². The molecule has 1 aromatic rings. The van der Waals surface area contributed by atoms with Gasteiger partial charge in [0.1, 0.15) is 0 Å². The third-order valence-electron chi connectivity index (χ3n) is 2.34. The zero-order valence-electron chi connectivity index (χ0n) is 9.28. The number of halogens is 1.